The van der Waals surface area contributed by atoms with Crippen molar-refractivity contribution in [3.05, 3.63) is 120 Å². The van der Waals surface area contributed by atoms with Gasteiger partial charge in [0.2, 0.25) is 5.71 Å². The number of allylic oxidation sites excluding steroid dienone is 2. The predicted octanol–water partition coefficient (Wildman–Crippen LogP) is 11.6. The number of furan rings is 1. The summed E-state index contributed by atoms with van der Waals surface area (Å²) in [7, 11) is 0. The minimum absolute atomic E-state index is 0. The van der Waals surface area contributed by atoms with Crippen molar-refractivity contribution in [1.82, 2.24) is 19.5 Å². The first kappa shape index (κ1) is 29.4. The molecule has 5 nitrogen and oxygen atoms in total. The largest absolute Gasteiger partial charge is 0.486 e. The number of imidazole rings is 1. The van der Waals surface area contributed by atoms with Gasteiger partial charge < -0.3 is 14.0 Å². The molecule has 0 fully saturated rings. The Morgan fingerprint density at radius 2 is 1.74 bits per heavy atom. The van der Waals surface area contributed by atoms with Gasteiger partial charge in [-0.25, -0.2) is 4.98 Å². The standard InChI is InChI=1S/C22H21N2O.C22H23N2.Ir/c1-14-8-9-17-16-6-5-7-18(20(16)25-21(17)24-14)19-12-15(10-11-23-19)13-22(2,3)4;1-15-13-17(14-22(2,3)4)18-11-8-12-19-20(18)24(15)21(23-19)16-9-6-5-7-10-16;/h5-6,8-12H,13H2,1-4H3;5-9,11-13,15H,14H2,1-4H3;/q2*-1;/i1D3,13D2;;. The second-order valence-corrected chi connectivity index (χ2v) is 15.0. The molecule has 7 aromatic rings. The molecule has 50 heavy (non-hydrogen) atoms. The molecule has 0 amide bonds. The van der Waals surface area contributed by atoms with Crippen LogP contribution in [0.3, 0.4) is 0 Å². The molecule has 0 aliphatic carbocycles. The van der Waals surface area contributed by atoms with Crippen molar-refractivity contribution >= 4 is 38.7 Å². The van der Waals surface area contributed by atoms with Crippen LogP contribution in [0.1, 0.15) is 84.6 Å². The molecule has 1 aliphatic heterocycles. The number of nitrogens with zero attached hydrogens (tertiary/aromatic N) is 4. The molecule has 8 rings (SSSR count). The molecule has 1 unspecified atom stereocenters. The fourth-order valence-electron chi connectivity index (χ4n) is 6.60. The summed E-state index contributed by atoms with van der Waals surface area (Å²) in [5.41, 5.74) is 8.15. The quantitative estimate of drug-likeness (QED) is 0.166. The van der Waals surface area contributed by atoms with Crippen molar-refractivity contribution in [2.24, 2.45) is 10.8 Å². The zero-order valence-corrected chi connectivity index (χ0v) is 31.9. The SMILES string of the molecule is CC1C=C(CC(C)(C)C)c2cccc3nc(-c4[c-]cccc4)n1c23.[2H]C([2H])([2H])c1ccc2c(n1)oc1c(-c3cc(C([2H])([2H])C(C)(C)C)ccn3)[c-]ccc12.[Ir]. The van der Waals surface area contributed by atoms with E-state index >= 15 is 0 Å². The number of benzene rings is 3. The summed E-state index contributed by atoms with van der Waals surface area (Å²) in [5, 5.41) is 1.48. The molecule has 0 saturated carbocycles. The van der Waals surface area contributed by atoms with Crippen molar-refractivity contribution in [2.45, 2.75) is 74.2 Å². The molecule has 0 saturated heterocycles. The zero-order chi connectivity index (χ0) is 38.8. The first-order valence-corrected chi connectivity index (χ1v) is 16.7. The molecule has 0 spiro atoms. The molecule has 0 bridgehead atoms. The maximum absolute atomic E-state index is 8.55. The number of pyridine rings is 2. The van der Waals surface area contributed by atoms with Gasteiger partial charge in [-0.3, -0.25) is 4.98 Å². The van der Waals surface area contributed by atoms with E-state index in [0.29, 0.717) is 33.8 Å². The second kappa shape index (κ2) is 13.7. The molecule has 1 aliphatic rings. The third kappa shape index (κ3) is 7.24. The summed E-state index contributed by atoms with van der Waals surface area (Å²) in [6.07, 6.45) is 3.49. The number of fused-ring (bicyclic) bond motifs is 3. The van der Waals surface area contributed by atoms with Gasteiger partial charge in [-0.05, 0) is 72.9 Å². The van der Waals surface area contributed by atoms with Crippen LogP contribution in [0.2, 0.25) is 0 Å². The van der Waals surface area contributed by atoms with Crippen LogP contribution in [0.5, 0.6) is 0 Å². The van der Waals surface area contributed by atoms with Crippen LogP contribution in [0.4, 0.5) is 0 Å². The van der Waals surface area contributed by atoms with Crippen LogP contribution in [0.25, 0.3) is 61.3 Å². The molecule has 1 radical (unpaired) electrons. The first-order chi connectivity index (χ1) is 25.3. The molecule has 257 valence electrons. The van der Waals surface area contributed by atoms with E-state index in [-0.39, 0.29) is 36.9 Å². The summed E-state index contributed by atoms with van der Waals surface area (Å²) in [4.78, 5) is 13.5. The Kier molecular flexibility index (Phi) is 8.06. The predicted molar refractivity (Wildman–Crippen MR) is 202 cm³/mol. The Balaban J connectivity index is 0.000000188. The summed E-state index contributed by atoms with van der Waals surface area (Å²) in [6, 6.07) is 31.5. The van der Waals surface area contributed by atoms with Crippen molar-refractivity contribution in [3.8, 4) is 22.6 Å². The first-order valence-electron chi connectivity index (χ1n) is 19.2. The van der Waals surface area contributed by atoms with Gasteiger partial charge in [0, 0.05) is 55.8 Å². The number of hydrogen-bond acceptors (Lipinski definition) is 4. The molecule has 4 aromatic heterocycles. The van der Waals surface area contributed by atoms with Gasteiger partial charge in [0.15, 0.2) is 0 Å². The maximum atomic E-state index is 8.55. The summed E-state index contributed by atoms with van der Waals surface area (Å²) in [6.45, 7) is 12.4. The van der Waals surface area contributed by atoms with Crippen LogP contribution in [-0.4, -0.2) is 19.5 Å². The van der Waals surface area contributed by atoms with Crippen LogP contribution in [0, 0.1) is 29.8 Å². The molecular weight excluding hydrogens is 793 g/mol. The zero-order valence-electron chi connectivity index (χ0n) is 34.5. The molecule has 1 atom stereocenters. The molecule has 0 N–H and O–H groups in total. The van der Waals surface area contributed by atoms with Crippen molar-refractivity contribution in [3.63, 3.8) is 0 Å². The van der Waals surface area contributed by atoms with Gasteiger partial charge in [-0.1, -0.05) is 82.3 Å². The summed E-state index contributed by atoms with van der Waals surface area (Å²) >= 11 is 0. The molecule has 6 heteroatoms. The third-order valence-electron chi connectivity index (χ3n) is 8.41. The van der Waals surface area contributed by atoms with Gasteiger partial charge in [0.1, 0.15) is 0 Å². The van der Waals surface area contributed by atoms with E-state index < -0.39 is 18.6 Å². The van der Waals surface area contributed by atoms with E-state index in [0.717, 1.165) is 28.7 Å². The van der Waals surface area contributed by atoms with E-state index in [2.05, 4.69) is 84.7 Å². The Bertz CT molecular complexity index is 2540. The molecular formula is C44H44IrN4O-2. The number of hydrogen-bond donors (Lipinski definition) is 0. The number of rotatable bonds is 4. The van der Waals surface area contributed by atoms with Crippen LogP contribution in [-0.2, 0) is 26.5 Å². The normalized spacial score (nSPS) is 16.3. The molecule has 5 heterocycles. The van der Waals surface area contributed by atoms with Gasteiger partial charge in [0.25, 0.3) is 0 Å². The monoisotopic (exact) mass is 842 g/mol. The fourth-order valence-corrected chi connectivity index (χ4v) is 6.60. The van der Waals surface area contributed by atoms with Crippen LogP contribution >= 0.6 is 0 Å². The number of para-hydroxylation sites is 1. The van der Waals surface area contributed by atoms with Gasteiger partial charge >= 0.3 is 0 Å². The smallest absolute Gasteiger partial charge is 0.216 e. The number of aromatic nitrogens is 4. The van der Waals surface area contributed by atoms with E-state index in [1.54, 1.807) is 30.5 Å². The minimum atomic E-state index is -2.32. The Labute approximate surface area is 316 Å². The van der Waals surface area contributed by atoms with Gasteiger partial charge in [-0.15, -0.1) is 54.1 Å². The van der Waals surface area contributed by atoms with Crippen LogP contribution < -0.4 is 0 Å². The van der Waals surface area contributed by atoms with Crippen molar-refractivity contribution in [1.29, 1.82) is 0 Å². The average molecular weight is 842 g/mol. The molecule has 3 aromatic carbocycles. The minimum Gasteiger partial charge on any atom is -0.486 e. The Morgan fingerprint density at radius 3 is 2.48 bits per heavy atom. The van der Waals surface area contributed by atoms with Crippen molar-refractivity contribution in [2.75, 3.05) is 0 Å². The van der Waals surface area contributed by atoms with Gasteiger partial charge in [-0.2, -0.15) is 0 Å². The topological polar surface area (TPSA) is 56.7 Å². The Morgan fingerprint density at radius 1 is 0.900 bits per heavy atom. The van der Waals surface area contributed by atoms with E-state index in [1.165, 1.54) is 22.7 Å². The fraction of sp³-hybridized carbons (Fsp3) is 0.295. The van der Waals surface area contributed by atoms with E-state index in [9.17, 15) is 0 Å². The van der Waals surface area contributed by atoms with E-state index in [1.807, 2.05) is 45.0 Å². The summed E-state index contributed by atoms with van der Waals surface area (Å²) < 4.78 is 48.1. The van der Waals surface area contributed by atoms with E-state index in [4.69, 9.17) is 16.3 Å². The maximum Gasteiger partial charge on any atom is 0.216 e. The average Bonchev–Trinajstić information content (AvgIpc) is 3.69. The third-order valence-corrected chi connectivity index (χ3v) is 8.41. The Hall–Kier alpha value is -4.38. The van der Waals surface area contributed by atoms with Crippen molar-refractivity contribution < 1.29 is 31.4 Å². The van der Waals surface area contributed by atoms with Crippen LogP contribution in [0.15, 0.2) is 95.6 Å². The summed E-state index contributed by atoms with van der Waals surface area (Å²) in [5.74, 6) is 1.01. The van der Waals surface area contributed by atoms with Gasteiger partial charge in [0.05, 0.1) is 22.4 Å². The number of aryl methyl sites for hydroxylation is 1. The second-order valence-electron chi connectivity index (χ2n) is 15.0.